The van der Waals surface area contributed by atoms with Gasteiger partial charge >= 0.3 is 6.03 Å². The molecule has 0 atom stereocenters. The van der Waals surface area contributed by atoms with E-state index in [0.29, 0.717) is 13.1 Å². The number of thiazole rings is 2. The summed E-state index contributed by atoms with van der Waals surface area (Å²) in [4.78, 5) is 20.6. The number of amides is 2. The second kappa shape index (κ2) is 8.09. The largest absolute Gasteiger partial charge is 0.338 e. The van der Waals surface area contributed by atoms with E-state index in [0.717, 1.165) is 40.7 Å². The summed E-state index contributed by atoms with van der Waals surface area (Å²) in [6, 6.07) is -0.160. The Bertz CT molecular complexity index is 579. The van der Waals surface area contributed by atoms with Gasteiger partial charge in [0.15, 0.2) is 0 Å². The van der Waals surface area contributed by atoms with Crippen LogP contribution in [-0.4, -0.2) is 22.5 Å². The Morgan fingerprint density at radius 1 is 1.05 bits per heavy atom. The molecule has 0 fully saturated rings. The molecule has 0 aliphatic heterocycles. The summed E-state index contributed by atoms with van der Waals surface area (Å²) in [5.74, 6) is 0. The average Bonchev–Trinajstić information content (AvgIpc) is 3.14. The van der Waals surface area contributed by atoms with Crippen molar-refractivity contribution in [1.29, 1.82) is 0 Å². The number of urea groups is 1. The van der Waals surface area contributed by atoms with Crippen molar-refractivity contribution >= 4 is 28.7 Å². The first-order valence-corrected chi connectivity index (χ1v) is 8.85. The molecule has 0 saturated heterocycles. The quantitative estimate of drug-likeness (QED) is 0.823. The number of carbonyl (C=O) groups is 1. The second-order valence-electron chi connectivity index (χ2n) is 4.53. The minimum absolute atomic E-state index is 0.160. The van der Waals surface area contributed by atoms with Gasteiger partial charge in [-0.15, -0.1) is 22.7 Å². The van der Waals surface area contributed by atoms with Gasteiger partial charge in [-0.05, 0) is 12.8 Å². The zero-order valence-corrected chi connectivity index (χ0v) is 13.9. The molecule has 2 amide bonds. The summed E-state index contributed by atoms with van der Waals surface area (Å²) in [6.07, 6.45) is 2.66. The summed E-state index contributed by atoms with van der Waals surface area (Å²) in [6.45, 7) is 5.23. The fourth-order valence-electron chi connectivity index (χ4n) is 1.76. The molecule has 114 valence electrons. The summed E-state index contributed by atoms with van der Waals surface area (Å²) < 4.78 is 0. The smallest absolute Gasteiger partial charge is 0.315 e. The summed E-state index contributed by atoms with van der Waals surface area (Å²) in [7, 11) is 0. The molecule has 2 aromatic rings. The monoisotopic (exact) mass is 324 g/mol. The van der Waals surface area contributed by atoms with Gasteiger partial charge in [-0.25, -0.2) is 14.8 Å². The topological polar surface area (TPSA) is 66.9 Å². The van der Waals surface area contributed by atoms with Crippen molar-refractivity contribution in [2.24, 2.45) is 0 Å². The van der Waals surface area contributed by atoms with E-state index in [1.54, 1.807) is 22.7 Å². The van der Waals surface area contributed by atoms with Gasteiger partial charge < -0.3 is 10.6 Å². The summed E-state index contributed by atoms with van der Waals surface area (Å²) in [5, 5.41) is 11.9. The molecule has 0 unspecified atom stereocenters. The predicted molar refractivity (Wildman–Crippen MR) is 86.9 cm³/mol. The van der Waals surface area contributed by atoms with Crippen molar-refractivity contribution in [3.05, 3.63) is 32.2 Å². The number of rotatable bonds is 7. The van der Waals surface area contributed by atoms with Crippen LogP contribution in [0.25, 0.3) is 0 Å². The molecular formula is C14H20N4OS2. The normalized spacial score (nSPS) is 10.6. The van der Waals surface area contributed by atoms with E-state index in [2.05, 4.69) is 39.8 Å². The molecular weight excluding hydrogens is 304 g/mol. The van der Waals surface area contributed by atoms with Crippen molar-refractivity contribution in [2.45, 2.75) is 39.7 Å². The molecule has 0 aliphatic carbocycles. The van der Waals surface area contributed by atoms with E-state index in [4.69, 9.17) is 0 Å². The molecule has 0 aromatic carbocycles. The molecule has 2 aromatic heterocycles. The molecule has 2 heterocycles. The van der Waals surface area contributed by atoms with E-state index >= 15 is 0 Å². The first kappa shape index (κ1) is 15.9. The Kier molecular flexibility index (Phi) is 6.13. The highest BCUT2D eigenvalue weighted by Gasteiger charge is 2.04. The lowest BCUT2D eigenvalue weighted by Crippen LogP contribution is -2.36. The van der Waals surface area contributed by atoms with Crippen LogP contribution in [0.4, 0.5) is 4.79 Å². The fraction of sp³-hybridized carbons (Fsp3) is 0.500. The Balaban J connectivity index is 1.65. The van der Waals surface area contributed by atoms with Crippen LogP contribution in [0.2, 0.25) is 0 Å². The van der Waals surface area contributed by atoms with Crippen LogP contribution in [0, 0.1) is 0 Å². The van der Waals surface area contributed by atoms with Crippen LogP contribution in [-0.2, 0) is 25.8 Å². The van der Waals surface area contributed by atoms with Gasteiger partial charge in [-0.2, -0.15) is 0 Å². The van der Waals surface area contributed by atoms with Gasteiger partial charge in [0, 0.05) is 23.7 Å². The van der Waals surface area contributed by atoms with Crippen LogP contribution in [0.3, 0.4) is 0 Å². The minimum Gasteiger partial charge on any atom is -0.338 e. The van der Waals surface area contributed by atoms with Gasteiger partial charge in [0.05, 0.1) is 27.9 Å². The van der Waals surface area contributed by atoms with Crippen LogP contribution >= 0.6 is 22.7 Å². The lowest BCUT2D eigenvalue weighted by Gasteiger charge is -2.05. The van der Waals surface area contributed by atoms with Crippen molar-refractivity contribution in [1.82, 2.24) is 20.6 Å². The zero-order valence-electron chi connectivity index (χ0n) is 12.3. The molecule has 0 aliphatic rings. The number of carbonyl (C=O) groups excluding carboxylic acids is 1. The summed E-state index contributed by atoms with van der Waals surface area (Å²) >= 11 is 3.30. The number of hydrogen-bond donors (Lipinski definition) is 2. The average molecular weight is 324 g/mol. The highest BCUT2D eigenvalue weighted by atomic mass is 32.1. The van der Waals surface area contributed by atoms with Crippen LogP contribution in [0.15, 0.2) is 10.8 Å². The maximum absolute atomic E-state index is 11.7. The minimum atomic E-state index is -0.160. The van der Waals surface area contributed by atoms with Crippen LogP contribution in [0.5, 0.6) is 0 Å². The predicted octanol–water partition coefficient (Wildman–Crippen LogP) is 2.77. The van der Waals surface area contributed by atoms with Gasteiger partial charge in [0.25, 0.3) is 0 Å². The lowest BCUT2D eigenvalue weighted by molar-refractivity contribution is 0.240. The third kappa shape index (κ3) is 5.09. The van der Waals surface area contributed by atoms with Gasteiger partial charge in [-0.1, -0.05) is 13.8 Å². The molecule has 0 bridgehead atoms. The Morgan fingerprint density at radius 3 is 2.29 bits per heavy atom. The zero-order chi connectivity index (χ0) is 15.1. The van der Waals surface area contributed by atoms with E-state index in [1.807, 2.05) is 5.38 Å². The lowest BCUT2D eigenvalue weighted by atomic mass is 10.3. The van der Waals surface area contributed by atoms with E-state index in [-0.39, 0.29) is 6.03 Å². The van der Waals surface area contributed by atoms with E-state index < -0.39 is 0 Å². The fourth-order valence-corrected chi connectivity index (χ4v) is 3.28. The van der Waals surface area contributed by atoms with Gasteiger partial charge in [-0.3, -0.25) is 0 Å². The second-order valence-corrected chi connectivity index (χ2v) is 6.42. The number of nitrogens with zero attached hydrogens (tertiary/aromatic N) is 2. The SMILES string of the molecule is CCc1nc(CCNC(=O)NCc2csc(CC)n2)cs1. The van der Waals surface area contributed by atoms with Crippen molar-refractivity contribution in [3.63, 3.8) is 0 Å². The van der Waals surface area contributed by atoms with E-state index in [1.165, 1.54) is 0 Å². The Labute approximate surface area is 132 Å². The van der Waals surface area contributed by atoms with Gasteiger partial charge in [0.2, 0.25) is 0 Å². The molecule has 5 nitrogen and oxygen atoms in total. The first-order valence-electron chi connectivity index (χ1n) is 7.09. The third-order valence-electron chi connectivity index (χ3n) is 2.90. The van der Waals surface area contributed by atoms with Crippen LogP contribution < -0.4 is 10.6 Å². The Morgan fingerprint density at radius 2 is 1.67 bits per heavy atom. The molecule has 21 heavy (non-hydrogen) atoms. The van der Waals surface area contributed by atoms with Crippen LogP contribution in [0.1, 0.15) is 35.3 Å². The molecule has 2 rings (SSSR count). The van der Waals surface area contributed by atoms with Gasteiger partial charge in [0.1, 0.15) is 0 Å². The third-order valence-corrected chi connectivity index (χ3v) is 4.98. The molecule has 2 N–H and O–H groups in total. The molecule has 7 heteroatoms. The van der Waals surface area contributed by atoms with Crippen molar-refractivity contribution < 1.29 is 4.79 Å². The van der Waals surface area contributed by atoms with Crippen molar-refractivity contribution in [2.75, 3.05) is 6.54 Å². The highest BCUT2D eigenvalue weighted by Crippen LogP contribution is 2.10. The standard InChI is InChI=1S/C14H20N4OS2/c1-3-12-17-10(8-20-12)5-6-15-14(19)16-7-11-9-21-13(4-2)18-11/h8-9H,3-7H2,1-2H3,(H2,15,16,19). The van der Waals surface area contributed by atoms with E-state index in [9.17, 15) is 4.79 Å². The number of hydrogen-bond acceptors (Lipinski definition) is 5. The molecule has 0 saturated carbocycles. The number of aryl methyl sites for hydroxylation is 2. The summed E-state index contributed by atoms with van der Waals surface area (Å²) in [5.41, 5.74) is 1.96. The maximum atomic E-state index is 11.7. The molecule has 0 radical (unpaired) electrons. The maximum Gasteiger partial charge on any atom is 0.315 e. The highest BCUT2D eigenvalue weighted by molar-refractivity contribution is 7.09. The number of nitrogens with one attached hydrogen (secondary N) is 2. The number of aromatic nitrogens is 2. The Hall–Kier alpha value is -1.47. The first-order chi connectivity index (χ1) is 10.2. The molecule has 0 spiro atoms. The van der Waals surface area contributed by atoms with Crippen molar-refractivity contribution in [3.8, 4) is 0 Å².